The van der Waals surface area contributed by atoms with E-state index in [-0.39, 0.29) is 12.4 Å². The van der Waals surface area contributed by atoms with Crippen LogP contribution in [-0.4, -0.2) is 22.2 Å². The predicted octanol–water partition coefficient (Wildman–Crippen LogP) is 4.69. The van der Waals surface area contributed by atoms with Crippen molar-refractivity contribution in [1.82, 2.24) is 9.78 Å². The second kappa shape index (κ2) is 9.03. The summed E-state index contributed by atoms with van der Waals surface area (Å²) in [6, 6.07) is 18.5. The van der Waals surface area contributed by atoms with Crippen molar-refractivity contribution in [2.75, 3.05) is 6.61 Å². The molecule has 0 aliphatic heterocycles. The van der Waals surface area contributed by atoms with E-state index in [4.69, 9.17) is 21.6 Å². The molecule has 0 spiro atoms. The molecule has 0 aliphatic carbocycles. The second-order valence-corrected chi connectivity index (χ2v) is 6.46. The fourth-order valence-electron chi connectivity index (χ4n) is 2.70. The molecule has 140 valence electrons. The number of carbonyl (C=O) groups is 1. The van der Waals surface area contributed by atoms with Crippen LogP contribution in [0.25, 0.3) is 6.08 Å². The summed E-state index contributed by atoms with van der Waals surface area (Å²) < 4.78 is 6.90. The minimum atomic E-state index is -0.155. The first-order valence-corrected chi connectivity index (χ1v) is 9.05. The SMILES string of the molecule is Cc1nn(Cc2ccccc2)c(Cl)c1/C=C/C(=O)c1ccc(OCC#N)cc1. The van der Waals surface area contributed by atoms with Crippen molar-refractivity contribution in [3.8, 4) is 11.8 Å². The zero-order valence-electron chi connectivity index (χ0n) is 15.3. The highest BCUT2D eigenvalue weighted by Gasteiger charge is 2.12. The monoisotopic (exact) mass is 391 g/mol. The summed E-state index contributed by atoms with van der Waals surface area (Å²) in [5, 5.41) is 13.5. The lowest BCUT2D eigenvalue weighted by Gasteiger charge is -2.03. The average Bonchev–Trinajstić information content (AvgIpc) is 2.98. The average molecular weight is 392 g/mol. The van der Waals surface area contributed by atoms with Gasteiger partial charge in [-0.15, -0.1) is 0 Å². The van der Waals surface area contributed by atoms with Gasteiger partial charge in [-0.2, -0.15) is 10.4 Å². The van der Waals surface area contributed by atoms with Crippen molar-refractivity contribution in [2.24, 2.45) is 0 Å². The van der Waals surface area contributed by atoms with Crippen LogP contribution in [0.2, 0.25) is 5.15 Å². The Balaban J connectivity index is 1.73. The van der Waals surface area contributed by atoms with E-state index in [9.17, 15) is 4.79 Å². The van der Waals surface area contributed by atoms with Crippen molar-refractivity contribution < 1.29 is 9.53 Å². The number of ketones is 1. The van der Waals surface area contributed by atoms with E-state index >= 15 is 0 Å². The fourth-order valence-corrected chi connectivity index (χ4v) is 3.00. The summed E-state index contributed by atoms with van der Waals surface area (Å²) in [5.41, 5.74) is 3.09. The van der Waals surface area contributed by atoms with Gasteiger partial charge in [0.15, 0.2) is 12.4 Å². The number of nitriles is 1. The van der Waals surface area contributed by atoms with Gasteiger partial charge in [0.25, 0.3) is 0 Å². The standard InChI is InChI=1S/C22H18ClN3O2/c1-16-20(22(23)26(25-16)15-17-5-3-2-4-6-17)11-12-21(27)18-7-9-19(10-8-18)28-14-13-24/h2-12H,14-15H2,1H3/b12-11+. The van der Waals surface area contributed by atoms with Gasteiger partial charge in [-0.05, 0) is 48.9 Å². The molecule has 0 aliphatic rings. The first kappa shape index (κ1) is 19.4. The first-order chi connectivity index (χ1) is 13.6. The van der Waals surface area contributed by atoms with Crippen molar-refractivity contribution in [3.63, 3.8) is 0 Å². The van der Waals surface area contributed by atoms with Crippen LogP contribution in [-0.2, 0) is 6.54 Å². The lowest BCUT2D eigenvalue weighted by molar-refractivity contribution is 0.104. The molecule has 6 heteroatoms. The van der Waals surface area contributed by atoms with Crippen molar-refractivity contribution in [1.29, 1.82) is 5.26 Å². The second-order valence-electron chi connectivity index (χ2n) is 6.10. The molecule has 3 rings (SSSR count). The van der Waals surface area contributed by atoms with Gasteiger partial charge in [-0.3, -0.25) is 4.79 Å². The summed E-state index contributed by atoms with van der Waals surface area (Å²) in [6.45, 7) is 2.39. The molecular formula is C22H18ClN3O2. The summed E-state index contributed by atoms with van der Waals surface area (Å²) in [5.74, 6) is 0.390. The maximum absolute atomic E-state index is 12.4. The number of aryl methyl sites for hydroxylation is 1. The normalized spacial score (nSPS) is 10.8. The van der Waals surface area contributed by atoms with E-state index in [1.54, 1.807) is 35.0 Å². The smallest absolute Gasteiger partial charge is 0.185 e. The van der Waals surface area contributed by atoms with Crippen LogP contribution in [0.15, 0.2) is 60.7 Å². The third-order valence-electron chi connectivity index (χ3n) is 4.13. The number of allylic oxidation sites excluding steroid dienone is 1. The van der Waals surface area contributed by atoms with Crippen LogP contribution in [0.3, 0.4) is 0 Å². The minimum Gasteiger partial charge on any atom is -0.479 e. The zero-order chi connectivity index (χ0) is 19.9. The lowest BCUT2D eigenvalue weighted by Crippen LogP contribution is -2.01. The number of hydrogen-bond donors (Lipinski definition) is 0. The molecule has 0 N–H and O–H groups in total. The van der Waals surface area contributed by atoms with Crippen molar-refractivity contribution in [3.05, 3.63) is 88.2 Å². The molecule has 1 aromatic heterocycles. The molecule has 0 bridgehead atoms. The molecule has 0 saturated heterocycles. The molecule has 0 radical (unpaired) electrons. The van der Waals surface area contributed by atoms with E-state index in [0.29, 0.717) is 23.0 Å². The van der Waals surface area contributed by atoms with Crippen LogP contribution in [0.5, 0.6) is 5.75 Å². The van der Waals surface area contributed by atoms with E-state index in [1.165, 1.54) is 6.08 Å². The molecule has 5 nitrogen and oxygen atoms in total. The number of nitrogens with zero attached hydrogens (tertiary/aromatic N) is 3. The Morgan fingerprint density at radius 1 is 1.21 bits per heavy atom. The Kier molecular flexibility index (Phi) is 6.25. The Bertz CT molecular complexity index is 1030. The van der Waals surface area contributed by atoms with E-state index in [1.807, 2.05) is 43.3 Å². The molecular weight excluding hydrogens is 374 g/mol. The molecule has 0 saturated carbocycles. The highest BCUT2D eigenvalue weighted by molar-refractivity contribution is 6.31. The quantitative estimate of drug-likeness (QED) is 0.432. The molecule has 0 amide bonds. The Morgan fingerprint density at radius 3 is 2.61 bits per heavy atom. The number of carbonyl (C=O) groups excluding carboxylic acids is 1. The number of halogens is 1. The Hall–Kier alpha value is -3.36. The van der Waals surface area contributed by atoms with Crippen LogP contribution in [0.4, 0.5) is 0 Å². The van der Waals surface area contributed by atoms with Gasteiger partial charge in [-0.1, -0.05) is 41.9 Å². The van der Waals surface area contributed by atoms with Crippen LogP contribution in [0.1, 0.15) is 27.2 Å². The summed E-state index contributed by atoms with van der Waals surface area (Å²) in [4.78, 5) is 12.4. The zero-order valence-corrected chi connectivity index (χ0v) is 16.1. The summed E-state index contributed by atoms with van der Waals surface area (Å²) >= 11 is 6.47. The van der Waals surface area contributed by atoms with Gasteiger partial charge in [0, 0.05) is 11.1 Å². The third kappa shape index (κ3) is 4.67. The van der Waals surface area contributed by atoms with Crippen LogP contribution >= 0.6 is 11.6 Å². The Morgan fingerprint density at radius 2 is 1.93 bits per heavy atom. The molecule has 1 heterocycles. The minimum absolute atomic E-state index is 0.0298. The van der Waals surface area contributed by atoms with Crippen LogP contribution < -0.4 is 4.74 Å². The number of ether oxygens (including phenoxy) is 1. The summed E-state index contributed by atoms with van der Waals surface area (Å²) in [7, 11) is 0. The molecule has 0 fully saturated rings. The largest absolute Gasteiger partial charge is 0.479 e. The number of hydrogen-bond acceptors (Lipinski definition) is 4. The highest BCUT2D eigenvalue weighted by Crippen LogP contribution is 2.23. The Labute approximate surface area is 168 Å². The van der Waals surface area contributed by atoms with Crippen LogP contribution in [0, 0.1) is 18.3 Å². The topological polar surface area (TPSA) is 67.9 Å². The van der Waals surface area contributed by atoms with Gasteiger partial charge in [0.1, 0.15) is 17.0 Å². The molecule has 0 atom stereocenters. The van der Waals surface area contributed by atoms with Gasteiger partial charge in [-0.25, -0.2) is 4.68 Å². The van der Waals surface area contributed by atoms with E-state index < -0.39 is 0 Å². The van der Waals surface area contributed by atoms with Gasteiger partial charge in [0.2, 0.25) is 0 Å². The van der Waals surface area contributed by atoms with Gasteiger partial charge >= 0.3 is 0 Å². The predicted molar refractivity (Wildman–Crippen MR) is 108 cm³/mol. The third-order valence-corrected chi connectivity index (χ3v) is 4.53. The molecule has 3 aromatic rings. The van der Waals surface area contributed by atoms with E-state index in [2.05, 4.69) is 5.10 Å². The van der Waals surface area contributed by atoms with E-state index in [0.717, 1.165) is 16.8 Å². The number of benzene rings is 2. The fraction of sp³-hybridized carbons (Fsp3) is 0.136. The molecule has 0 unspecified atom stereocenters. The number of rotatable bonds is 7. The summed E-state index contributed by atoms with van der Waals surface area (Å²) in [6.07, 6.45) is 3.17. The molecule has 2 aromatic carbocycles. The molecule has 28 heavy (non-hydrogen) atoms. The lowest BCUT2D eigenvalue weighted by atomic mass is 10.1. The maximum Gasteiger partial charge on any atom is 0.185 e. The number of aromatic nitrogens is 2. The first-order valence-electron chi connectivity index (χ1n) is 8.67. The van der Waals surface area contributed by atoms with Gasteiger partial charge in [0.05, 0.1) is 12.2 Å². The van der Waals surface area contributed by atoms with Gasteiger partial charge < -0.3 is 4.74 Å². The van der Waals surface area contributed by atoms with Crippen molar-refractivity contribution in [2.45, 2.75) is 13.5 Å². The van der Waals surface area contributed by atoms with Crippen molar-refractivity contribution >= 4 is 23.5 Å². The highest BCUT2D eigenvalue weighted by atomic mass is 35.5. The maximum atomic E-state index is 12.4.